The molecule has 2 rings (SSSR count). The van der Waals surface area contributed by atoms with Crippen molar-refractivity contribution in [3.63, 3.8) is 0 Å². The van der Waals surface area contributed by atoms with Gasteiger partial charge in [0.05, 0.1) is 17.1 Å². The van der Waals surface area contributed by atoms with Crippen LogP contribution in [0.5, 0.6) is 0 Å². The van der Waals surface area contributed by atoms with E-state index in [1.165, 1.54) is 6.42 Å². The van der Waals surface area contributed by atoms with Gasteiger partial charge in [0.25, 0.3) is 0 Å². The average molecular weight is 233 g/mol. The Bertz CT molecular complexity index is 320. The molecular weight excluding hydrogens is 214 g/mol. The summed E-state index contributed by atoms with van der Waals surface area (Å²) in [6, 6.07) is -0.0303. The van der Waals surface area contributed by atoms with Crippen molar-refractivity contribution < 1.29 is 13.5 Å². The first kappa shape index (κ1) is 11.4. The minimum atomic E-state index is -3.01. The van der Waals surface area contributed by atoms with Crippen molar-refractivity contribution >= 4 is 9.84 Å². The van der Waals surface area contributed by atoms with E-state index in [1.807, 2.05) is 0 Å². The fraction of sp³-hybridized carbons (Fsp3) is 1.00. The third-order valence-electron chi connectivity index (χ3n) is 3.52. The van der Waals surface area contributed by atoms with E-state index in [2.05, 4.69) is 5.32 Å². The monoisotopic (exact) mass is 233 g/mol. The van der Waals surface area contributed by atoms with Crippen LogP contribution in [0.25, 0.3) is 0 Å². The van der Waals surface area contributed by atoms with Gasteiger partial charge in [0.1, 0.15) is 0 Å². The molecule has 2 fully saturated rings. The molecule has 0 aromatic carbocycles. The molecule has 0 saturated carbocycles. The van der Waals surface area contributed by atoms with Crippen LogP contribution >= 0.6 is 0 Å². The summed E-state index contributed by atoms with van der Waals surface area (Å²) in [5, 5.41) is 13.6. The summed E-state index contributed by atoms with van der Waals surface area (Å²) in [6.07, 6.45) is 4.67. The van der Waals surface area contributed by atoms with E-state index < -0.39 is 15.4 Å². The third kappa shape index (κ3) is 2.52. The van der Waals surface area contributed by atoms with Gasteiger partial charge in [0.15, 0.2) is 9.84 Å². The summed E-state index contributed by atoms with van der Waals surface area (Å²) in [7, 11) is -3.01. The Kier molecular flexibility index (Phi) is 3.05. The van der Waals surface area contributed by atoms with Crippen LogP contribution in [0.2, 0.25) is 0 Å². The second kappa shape index (κ2) is 4.03. The van der Waals surface area contributed by atoms with Crippen molar-refractivity contribution in [2.24, 2.45) is 0 Å². The van der Waals surface area contributed by atoms with Gasteiger partial charge < -0.3 is 10.4 Å². The summed E-state index contributed by atoms with van der Waals surface area (Å²) in [5.41, 5.74) is -1.01. The summed E-state index contributed by atoms with van der Waals surface area (Å²) in [6.45, 7) is 0.896. The zero-order chi connectivity index (χ0) is 10.9. The Morgan fingerprint density at radius 3 is 2.73 bits per heavy atom. The lowest BCUT2D eigenvalue weighted by Gasteiger charge is -2.31. The topological polar surface area (TPSA) is 66.4 Å². The summed E-state index contributed by atoms with van der Waals surface area (Å²) in [5.74, 6) is 0.0827. The molecule has 0 spiro atoms. The lowest BCUT2D eigenvalue weighted by atomic mass is 9.90. The zero-order valence-corrected chi connectivity index (χ0v) is 9.72. The van der Waals surface area contributed by atoms with Gasteiger partial charge in [0, 0.05) is 6.04 Å². The van der Waals surface area contributed by atoms with E-state index in [0.29, 0.717) is 6.42 Å². The number of aliphatic hydroxyl groups is 1. The van der Waals surface area contributed by atoms with Crippen molar-refractivity contribution in [1.29, 1.82) is 0 Å². The van der Waals surface area contributed by atoms with E-state index in [0.717, 1.165) is 25.8 Å². The van der Waals surface area contributed by atoms with Gasteiger partial charge in [-0.3, -0.25) is 0 Å². The van der Waals surface area contributed by atoms with Gasteiger partial charge in [-0.1, -0.05) is 12.8 Å². The van der Waals surface area contributed by atoms with Gasteiger partial charge in [0.2, 0.25) is 0 Å². The van der Waals surface area contributed by atoms with Crippen molar-refractivity contribution in [3.05, 3.63) is 0 Å². The van der Waals surface area contributed by atoms with Crippen LogP contribution in [0.1, 0.15) is 32.1 Å². The van der Waals surface area contributed by atoms with Gasteiger partial charge >= 0.3 is 0 Å². The highest BCUT2D eigenvalue weighted by Crippen LogP contribution is 2.30. The summed E-state index contributed by atoms with van der Waals surface area (Å²) < 4.78 is 22.8. The Hall–Kier alpha value is -0.130. The molecule has 2 aliphatic rings. The largest absolute Gasteiger partial charge is 0.387 e. The molecule has 0 aromatic rings. The van der Waals surface area contributed by atoms with Crippen molar-refractivity contribution in [2.75, 3.05) is 18.1 Å². The van der Waals surface area contributed by atoms with Crippen molar-refractivity contribution in [1.82, 2.24) is 5.32 Å². The molecule has 88 valence electrons. The van der Waals surface area contributed by atoms with Crippen molar-refractivity contribution in [3.8, 4) is 0 Å². The zero-order valence-electron chi connectivity index (χ0n) is 8.91. The second-order valence-electron chi connectivity index (χ2n) is 4.80. The first-order valence-corrected chi connectivity index (χ1v) is 7.50. The molecule has 0 radical (unpaired) electrons. The van der Waals surface area contributed by atoms with Crippen LogP contribution in [0.4, 0.5) is 0 Å². The average Bonchev–Trinajstić information content (AvgIpc) is 2.43. The van der Waals surface area contributed by atoms with Crippen LogP contribution < -0.4 is 5.32 Å². The van der Waals surface area contributed by atoms with Crippen LogP contribution in [-0.2, 0) is 9.84 Å². The molecule has 2 aliphatic heterocycles. The van der Waals surface area contributed by atoms with E-state index >= 15 is 0 Å². The van der Waals surface area contributed by atoms with Gasteiger partial charge in [-0.05, 0) is 25.8 Å². The second-order valence-corrected chi connectivity index (χ2v) is 6.99. The van der Waals surface area contributed by atoms with Crippen LogP contribution in [-0.4, -0.2) is 43.2 Å². The lowest BCUT2D eigenvalue weighted by Crippen LogP contribution is -2.51. The first-order chi connectivity index (χ1) is 7.02. The Morgan fingerprint density at radius 1 is 1.27 bits per heavy atom. The first-order valence-electron chi connectivity index (χ1n) is 5.68. The number of hydrogen-bond acceptors (Lipinski definition) is 4. The molecule has 4 nitrogen and oxygen atoms in total. The van der Waals surface area contributed by atoms with Gasteiger partial charge in [-0.2, -0.15) is 0 Å². The van der Waals surface area contributed by atoms with Gasteiger partial charge in [-0.15, -0.1) is 0 Å². The number of rotatable bonds is 1. The highest BCUT2D eigenvalue weighted by Gasteiger charge is 2.46. The quantitative estimate of drug-likeness (QED) is 0.672. The molecule has 0 aromatic heterocycles. The maximum absolute atomic E-state index is 11.4. The number of sulfone groups is 1. The molecule has 0 bridgehead atoms. The van der Waals surface area contributed by atoms with Crippen LogP contribution in [0.3, 0.4) is 0 Å². The molecule has 2 atom stereocenters. The fourth-order valence-corrected chi connectivity index (χ4v) is 4.54. The Morgan fingerprint density at radius 2 is 2.07 bits per heavy atom. The number of hydrogen-bond donors (Lipinski definition) is 2. The minimum Gasteiger partial charge on any atom is -0.387 e. The molecule has 15 heavy (non-hydrogen) atoms. The predicted molar refractivity (Wildman–Crippen MR) is 58.5 cm³/mol. The summed E-state index contributed by atoms with van der Waals surface area (Å²) in [4.78, 5) is 0. The highest BCUT2D eigenvalue weighted by molar-refractivity contribution is 7.91. The lowest BCUT2D eigenvalue weighted by molar-refractivity contribution is 0.0250. The third-order valence-corrected chi connectivity index (χ3v) is 5.29. The minimum absolute atomic E-state index is 0.0303. The SMILES string of the molecule is O=S1(=O)CCC(O)(C2CCCCCN2)C1. The molecule has 2 heterocycles. The predicted octanol–water partition coefficient (Wildman–Crippen LogP) is 0.0682. The molecule has 0 amide bonds. The molecule has 2 saturated heterocycles. The molecular formula is C10H19NO3S. The molecule has 2 unspecified atom stereocenters. The summed E-state index contributed by atoms with van der Waals surface area (Å²) >= 11 is 0. The standard InChI is InChI=1S/C10H19NO3S/c12-10(5-7-15(13,14)8-10)9-4-2-1-3-6-11-9/h9,11-12H,1-8H2. The van der Waals surface area contributed by atoms with Crippen LogP contribution in [0, 0.1) is 0 Å². The highest BCUT2D eigenvalue weighted by atomic mass is 32.2. The van der Waals surface area contributed by atoms with Gasteiger partial charge in [-0.25, -0.2) is 8.42 Å². The smallest absolute Gasteiger partial charge is 0.153 e. The van der Waals surface area contributed by atoms with E-state index in [1.54, 1.807) is 0 Å². The van der Waals surface area contributed by atoms with Crippen molar-refractivity contribution in [2.45, 2.75) is 43.7 Å². The Balaban J connectivity index is 2.08. The maximum atomic E-state index is 11.4. The molecule has 2 N–H and O–H groups in total. The molecule has 0 aliphatic carbocycles. The Labute approximate surface area is 91.0 Å². The molecule has 5 heteroatoms. The maximum Gasteiger partial charge on any atom is 0.153 e. The van der Waals surface area contributed by atoms with E-state index in [-0.39, 0.29) is 17.5 Å². The fourth-order valence-electron chi connectivity index (χ4n) is 2.62. The van der Waals surface area contributed by atoms with E-state index in [9.17, 15) is 13.5 Å². The number of nitrogens with one attached hydrogen (secondary N) is 1. The van der Waals surface area contributed by atoms with Crippen LogP contribution in [0.15, 0.2) is 0 Å². The normalized spacial score (nSPS) is 41.3. The van der Waals surface area contributed by atoms with E-state index in [4.69, 9.17) is 0 Å².